The highest BCUT2D eigenvalue weighted by Gasteiger charge is 2.34. The number of unbranched alkanes of at least 4 members (excludes halogenated alkanes) is 1. The van der Waals surface area contributed by atoms with Gasteiger partial charge in [0.2, 0.25) is 11.8 Å². The van der Waals surface area contributed by atoms with Crippen LogP contribution >= 0.6 is 0 Å². The topological polar surface area (TPSA) is 60.9 Å². The second kappa shape index (κ2) is 10.1. The molecule has 0 saturated carbocycles. The van der Waals surface area contributed by atoms with Crippen molar-refractivity contribution in [2.75, 3.05) is 31.2 Å². The molecule has 1 fully saturated rings. The Morgan fingerprint density at radius 2 is 1.82 bits per heavy atom. The fraction of sp³-hybridized carbons (Fsp3) is 0.375. The molecule has 0 radical (unpaired) electrons. The Morgan fingerprint density at radius 1 is 1.09 bits per heavy atom. The summed E-state index contributed by atoms with van der Waals surface area (Å²) in [6.45, 7) is 3.66. The highest BCUT2D eigenvalue weighted by molar-refractivity contribution is 6.01. The fourth-order valence-corrected chi connectivity index (χ4v) is 3.61. The van der Waals surface area contributed by atoms with Gasteiger partial charge in [-0.05, 0) is 49.2 Å². The summed E-state index contributed by atoms with van der Waals surface area (Å²) in [6, 6.07) is 11.5. The molecule has 1 aliphatic heterocycles. The molecule has 0 N–H and O–H groups in total. The minimum absolute atomic E-state index is 0.0560. The van der Waals surface area contributed by atoms with E-state index in [1.54, 1.807) is 6.07 Å². The maximum atomic E-state index is 13.1. The predicted octanol–water partition coefficient (Wildman–Crippen LogP) is 4.09. The van der Waals surface area contributed by atoms with Gasteiger partial charge in [0.05, 0.1) is 5.56 Å². The Bertz CT molecular complexity index is 1040. The Kier molecular flexibility index (Phi) is 7.40. The van der Waals surface area contributed by atoms with E-state index in [1.165, 1.54) is 26.8 Å². The maximum Gasteiger partial charge on any atom is 0.416 e. The Hall–Kier alpha value is -3.36. The van der Waals surface area contributed by atoms with Crippen LogP contribution < -0.4 is 4.90 Å². The molecule has 3 amide bonds. The number of hydrogen-bond donors (Lipinski definition) is 0. The van der Waals surface area contributed by atoms with Crippen molar-refractivity contribution in [2.24, 2.45) is 0 Å². The molecule has 33 heavy (non-hydrogen) atoms. The number of carbonyl (C=O) groups excluding carboxylic acids is 3. The summed E-state index contributed by atoms with van der Waals surface area (Å²) in [5.74, 6) is -1.32. The fourth-order valence-electron chi connectivity index (χ4n) is 3.61. The quantitative estimate of drug-likeness (QED) is 0.624. The number of rotatable bonds is 7. The minimum Gasteiger partial charge on any atom is -0.329 e. The number of halogens is 3. The van der Waals surface area contributed by atoms with Gasteiger partial charge in [-0.25, -0.2) is 0 Å². The molecule has 2 aromatic rings. The molecule has 0 unspecified atom stereocenters. The van der Waals surface area contributed by atoms with Gasteiger partial charge in [-0.15, -0.1) is 0 Å². The van der Waals surface area contributed by atoms with Crippen molar-refractivity contribution >= 4 is 23.4 Å². The molecule has 0 aliphatic carbocycles. The Balaban J connectivity index is 1.74. The van der Waals surface area contributed by atoms with E-state index >= 15 is 0 Å². The number of hydrogen-bond acceptors (Lipinski definition) is 3. The molecular weight excluding hydrogens is 435 g/mol. The average molecular weight is 461 g/mol. The lowest BCUT2D eigenvalue weighted by Gasteiger charge is -2.25. The monoisotopic (exact) mass is 461 g/mol. The molecule has 9 heteroatoms. The van der Waals surface area contributed by atoms with Gasteiger partial charge < -0.3 is 9.80 Å². The van der Waals surface area contributed by atoms with Gasteiger partial charge in [0.1, 0.15) is 19.8 Å². The number of aryl methyl sites for hydroxylation is 1. The molecule has 1 saturated heterocycles. The van der Waals surface area contributed by atoms with E-state index in [4.69, 9.17) is 0 Å². The number of amides is 3. The summed E-state index contributed by atoms with van der Waals surface area (Å²) in [5, 5.41) is 0. The molecule has 0 spiro atoms. The molecular formula is C24H26F3N3O3. The molecule has 0 aromatic heterocycles. The minimum atomic E-state index is -4.57. The zero-order valence-electron chi connectivity index (χ0n) is 18.6. The highest BCUT2D eigenvalue weighted by atomic mass is 19.4. The van der Waals surface area contributed by atoms with Gasteiger partial charge in [-0.1, -0.05) is 31.5 Å². The number of nitrogens with zero attached hydrogens (tertiary/aromatic N) is 3. The van der Waals surface area contributed by atoms with Gasteiger partial charge in [-0.2, -0.15) is 13.2 Å². The number of alkyl halides is 3. The van der Waals surface area contributed by atoms with Crippen molar-refractivity contribution in [3.8, 4) is 0 Å². The van der Waals surface area contributed by atoms with Crippen LogP contribution in [-0.2, 0) is 15.8 Å². The zero-order chi connectivity index (χ0) is 24.2. The van der Waals surface area contributed by atoms with E-state index in [9.17, 15) is 27.6 Å². The third-order valence-corrected chi connectivity index (χ3v) is 5.44. The van der Waals surface area contributed by atoms with Crippen LogP contribution in [0.3, 0.4) is 0 Å². The standard InChI is InChI=1S/C24H26F3N3O3/c1-3-4-11-28(23(33)18-8-6-9-19(13-18)24(25,26)27)14-21(31)29-15-22(32)30(16-29)20-10-5-7-17(2)12-20/h5-10,12-13H,3-4,11,14-16H2,1-2H3. The van der Waals surface area contributed by atoms with E-state index in [-0.39, 0.29) is 37.8 Å². The van der Waals surface area contributed by atoms with E-state index < -0.39 is 23.6 Å². The maximum absolute atomic E-state index is 13.1. The molecule has 1 heterocycles. The molecule has 176 valence electrons. The van der Waals surface area contributed by atoms with Crippen LogP contribution in [-0.4, -0.2) is 53.8 Å². The van der Waals surface area contributed by atoms with Crippen LogP contribution in [0.15, 0.2) is 48.5 Å². The zero-order valence-corrected chi connectivity index (χ0v) is 18.6. The van der Waals surface area contributed by atoms with Gasteiger partial charge in [-0.3, -0.25) is 19.3 Å². The second-order valence-corrected chi connectivity index (χ2v) is 8.05. The van der Waals surface area contributed by atoms with Crippen LogP contribution in [0, 0.1) is 6.92 Å². The highest BCUT2D eigenvalue weighted by Crippen LogP contribution is 2.30. The lowest BCUT2D eigenvalue weighted by atomic mass is 10.1. The number of carbonyl (C=O) groups is 3. The van der Waals surface area contributed by atoms with Gasteiger partial charge in [0, 0.05) is 17.8 Å². The first-order valence-electron chi connectivity index (χ1n) is 10.7. The SMILES string of the molecule is CCCCN(CC(=O)N1CC(=O)N(c2cccc(C)c2)C1)C(=O)c1cccc(C(F)(F)F)c1. The van der Waals surface area contributed by atoms with Crippen molar-refractivity contribution in [3.63, 3.8) is 0 Å². The van der Waals surface area contributed by atoms with Crippen LogP contribution in [0.4, 0.5) is 18.9 Å². The summed E-state index contributed by atoms with van der Waals surface area (Å²) in [6.07, 6.45) is -3.24. The van der Waals surface area contributed by atoms with Gasteiger partial charge in [0.25, 0.3) is 5.91 Å². The smallest absolute Gasteiger partial charge is 0.329 e. The van der Waals surface area contributed by atoms with E-state index in [2.05, 4.69) is 0 Å². The Labute approximate surface area is 190 Å². The van der Waals surface area contributed by atoms with E-state index in [0.29, 0.717) is 12.1 Å². The van der Waals surface area contributed by atoms with Crippen molar-refractivity contribution in [1.29, 1.82) is 0 Å². The van der Waals surface area contributed by atoms with Crippen LogP contribution in [0.2, 0.25) is 0 Å². The van der Waals surface area contributed by atoms with Crippen molar-refractivity contribution in [2.45, 2.75) is 32.9 Å². The predicted molar refractivity (Wildman–Crippen MR) is 118 cm³/mol. The first-order chi connectivity index (χ1) is 15.6. The van der Waals surface area contributed by atoms with Gasteiger partial charge >= 0.3 is 6.18 Å². The lowest BCUT2D eigenvalue weighted by molar-refractivity contribution is -0.137. The first kappa shape index (κ1) is 24.3. The average Bonchev–Trinajstić information content (AvgIpc) is 3.17. The molecule has 2 aromatic carbocycles. The number of anilines is 1. The summed E-state index contributed by atoms with van der Waals surface area (Å²) in [7, 11) is 0. The molecule has 0 atom stereocenters. The van der Waals surface area contributed by atoms with Crippen molar-refractivity contribution in [1.82, 2.24) is 9.80 Å². The normalized spacial score (nSPS) is 14.0. The molecule has 1 aliphatic rings. The third-order valence-electron chi connectivity index (χ3n) is 5.44. The molecule has 6 nitrogen and oxygen atoms in total. The van der Waals surface area contributed by atoms with Crippen molar-refractivity contribution < 1.29 is 27.6 Å². The van der Waals surface area contributed by atoms with Crippen LogP contribution in [0.25, 0.3) is 0 Å². The van der Waals surface area contributed by atoms with Crippen molar-refractivity contribution in [3.05, 3.63) is 65.2 Å². The molecule has 3 rings (SSSR count). The Morgan fingerprint density at radius 3 is 2.48 bits per heavy atom. The van der Waals surface area contributed by atoms with Gasteiger partial charge in [0.15, 0.2) is 0 Å². The largest absolute Gasteiger partial charge is 0.416 e. The van der Waals surface area contributed by atoms with Crippen LogP contribution in [0.5, 0.6) is 0 Å². The lowest BCUT2D eigenvalue weighted by Crippen LogP contribution is -2.43. The summed E-state index contributed by atoms with van der Waals surface area (Å²) >= 11 is 0. The van der Waals surface area contributed by atoms with E-state index in [1.807, 2.05) is 32.0 Å². The summed E-state index contributed by atoms with van der Waals surface area (Å²) in [4.78, 5) is 42.5. The summed E-state index contributed by atoms with van der Waals surface area (Å²) < 4.78 is 39.2. The first-order valence-corrected chi connectivity index (χ1v) is 10.7. The summed E-state index contributed by atoms with van der Waals surface area (Å²) in [5.41, 5.74) is 0.599. The van der Waals surface area contributed by atoms with Crippen LogP contribution in [0.1, 0.15) is 41.3 Å². The molecule has 0 bridgehead atoms. The number of benzene rings is 2. The van der Waals surface area contributed by atoms with E-state index in [0.717, 1.165) is 24.1 Å². The second-order valence-electron chi connectivity index (χ2n) is 8.05. The third kappa shape index (κ3) is 5.91.